The van der Waals surface area contributed by atoms with E-state index in [0.717, 1.165) is 5.82 Å². The lowest BCUT2D eigenvalue weighted by molar-refractivity contribution is 0.580. The van der Waals surface area contributed by atoms with E-state index in [4.69, 9.17) is 18.0 Å². The molecule has 0 amide bonds. The number of aromatic amines is 1. The van der Waals surface area contributed by atoms with Crippen molar-refractivity contribution in [2.75, 3.05) is 6.54 Å². The quantitative estimate of drug-likeness (QED) is 0.651. The maximum Gasteiger partial charge on any atom is 0.215 e. The van der Waals surface area contributed by atoms with Crippen molar-refractivity contribution in [2.24, 2.45) is 5.73 Å². The summed E-state index contributed by atoms with van der Waals surface area (Å²) >= 11 is 4.88. The van der Waals surface area contributed by atoms with E-state index < -0.39 is 10.0 Å². The lowest BCUT2D eigenvalue weighted by atomic mass is 10.1. The highest BCUT2D eigenvalue weighted by Crippen LogP contribution is 2.08. The molecule has 0 spiro atoms. The number of benzene rings is 1. The Morgan fingerprint density at radius 1 is 1.43 bits per heavy atom. The highest BCUT2D eigenvalue weighted by atomic mass is 32.2. The molecule has 1 aromatic heterocycles. The van der Waals surface area contributed by atoms with E-state index in [0.29, 0.717) is 24.1 Å². The van der Waals surface area contributed by atoms with Crippen LogP contribution in [0.3, 0.4) is 0 Å². The summed E-state index contributed by atoms with van der Waals surface area (Å²) in [6.45, 7) is 0.296. The Kier molecular flexibility index (Phi) is 5.05. The standard InChI is InChI=1S/C13H16N4O2S2/c14-13(20)11-3-1-2-10(8-11)9-21(18,19)17-5-4-12-15-6-7-16-12/h1-3,6-8,17H,4-5,9H2,(H2,14,20)(H,15,16). The first-order valence-corrected chi connectivity index (χ1v) is 8.37. The lowest BCUT2D eigenvalue weighted by Crippen LogP contribution is -2.27. The Bertz CT molecular complexity index is 712. The van der Waals surface area contributed by atoms with Gasteiger partial charge >= 0.3 is 0 Å². The van der Waals surface area contributed by atoms with Crippen molar-refractivity contribution in [2.45, 2.75) is 12.2 Å². The van der Waals surface area contributed by atoms with Gasteiger partial charge in [0.05, 0.1) is 5.75 Å². The van der Waals surface area contributed by atoms with E-state index >= 15 is 0 Å². The second-order valence-corrected chi connectivity index (χ2v) is 6.75. The van der Waals surface area contributed by atoms with Crippen LogP contribution in [0.15, 0.2) is 36.7 Å². The molecule has 0 aliphatic rings. The fourth-order valence-electron chi connectivity index (χ4n) is 1.84. The van der Waals surface area contributed by atoms with E-state index in [9.17, 15) is 8.42 Å². The summed E-state index contributed by atoms with van der Waals surface area (Å²) in [7, 11) is -3.41. The predicted molar refractivity (Wildman–Crippen MR) is 85.2 cm³/mol. The van der Waals surface area contributed by atoms with Crippen molar-refractivity contribution >= 4 is 27.2 Å². The van der Waals surface area contributed by atoms with E-state index in [1.165, 1.54) is 0 Å². The topological polar surface area (TPSA) is 101 Å². The molecule has 1 heterocycles. The highest BCUT2D eigenvalue weighted by Gasteiger charge is 2.12. The van der Waals surface area contributed by atoms with Gasteiger partial charge in [-0.05, 0) is 11.6 Å². The summed E-state index contributed by atoms with van der Waals surface area (Å²) in [6.07, 6.45) is 3.84. The maximum absolute atomic E-state index is 12.0. The molecular formula is C13H16N4O2S2. The van der Waals surface area contributed by atoms with Gasteiger partial charge in [0.2, 0.25) is 10.0 Å². The summed E-state index contributed by atoms with van der Waals surface area (Å²) in [5.74, 6) is 0.634. The molecule has 0 aliphatic heterocycles. The van der Waals surface area contributed by atoms with Gasteiger partial charge in [0, 0.05) is 30.9 Å². The number of hydrogen-bond donors (Lipinski definition) is 3. The summed E-state index contributed by atoms with van der Waals surface area (Å²) in [5.41, 5.74) is 6.84. The number of imidazole rings is 1. The third-order valence-corrected chi connectivity index (χ3v) is 4.40. The van der Waals surface area contributed by atoms with Crippen molar-refractivity contribution in [3.63, 3.8) is 0 Å². The van der Waals surface area contributed by atoms with Crippen LogP contribution < -0.4 is 10.5 Å². The fraction of sp³-hybridized carbons (Fsp3) is 0.231. The molecule has 112 valence electrons. The van der Waals surface area contributed by atoms with Crippen molar-refractivity contribution < 1.29 is 8.42 Å². The Morgan fingerprint density at radius 3 is 2.90 bits per heavy atom. The van der Waals surface area contributed by atoms with Gasteiger partial charge in [-0.1, -0.05) is 30.4 Å². The van der Waals surface area contributed by atoms with Gasteiger partial charge in [0.25, 0.3) is 0 Å². The first-order valence-electron chi connectivity index (χ1n) is 6.30. The molecule has 2 aromatic rings. The molecule has 6 nitrogen and oxygen atoms in total. The predicted octanol–water partition coefficient (Wildman–Crippen LogP) is 0.706. The first-order chi connectivity index (χ1) is 9.96. The van der Waals surface area contributed by atoms with Gasteiger partial charge in [0.1, 0.15) is 10.8 Å². The number of H-pyrrole nitrogens is 1. The molecule has 4 N–H and O–H groups in total. The number of hydrogen-bond acceptors (Lipinski definition) is 4. The largest absolute Gasteiger partial charge is 0.389 e. The van der Waals surface area contributed by atoms with Crippen molar-refractivity contribution in [3.05, 3.63) is 53.6 Å². The zero-order chi connectivity index (χ0) is 15.3. The summed E-state index contributed by atoms with van der Waals surface area (Å²) in [6, 6.07) is 6.91. The molecule has 8 heteroatoms. The summed E-state index contributed by atoms with van der Waals surface area (Å²) < 4.78 is 26.6. The SMILES string of the molecule is NC(=S)c1cccc(CS(=O)(=O)NCCc2ncc[nH]2)c1. The minimum absolute atomic E-state index is 0.110. The van der Waals surface area contributed by atoms with Gasteiger partial charge < -0.3 is 10.7 Å². The van der Waals surface area contributed by atoms with Crippen molar-refractivity contribution in [1.82, 2.24) is 14.7 Å². The lowest BCUT2D eigenvalue weighted by Gasteiger charge is -2.07. The van der Waals surface area contributed by atoms with Crippen LogP contribution in [0.5, 0.6) is 0 Å². The summed E-state index contributed by atoms with van der Waals surface area (Å²) in [4.78, 5) is 7.20. The van der Waals surface area contributed by atoms with Crippen LogP contribution in [-0.4, -0.2) is 29.9 Å². The average molecular weight is 324 g/mol. The fourth-order valence-corrected chi connectivity index (χ4v) is 3.10. The van der Waals surface area contributed by atoms with Crippen molar-refractivity contribution in [3.8, 4) is 0 Å². The number of rotatable bonds is 7. The third kappa shape index (κ3) is 4.92. The minimum Gasteiger partial charge on any atom is -0.389 e. The smallest absolute Gasteiger partial charge is 0.215 e. The molecule has 1 aromatic carbocycles. The van der Waals surface area contributed by atoms with Crippen LogP contribution >= 0.6 is 12.2 Å². The van der Waals surface area contributed by atoms with Crippen LogP contribution in [0.4, 0.5) is 0 Å². The van der Waals surface area contributed by atoms with Gasteiger partial charge in [-0.15, -0.1) is 0 Å². The Hall–Kier alpha value is -1.77. The molecule has 0 saturated carbocycles. The zero-order valence-corrected chi connectivity index (χ0v) is 12.9. The maximum atomic E-state index is 12.0. The van der Waals surface area contributed by atoms with E-state index in [1.807, 2.05) is 0 Å². The molecule has 0 saturated heterocycles. The number of nitrogens with zero attached hydrogens (tertiary/aromatic N) is 1. The summed E-state index contributed by atoms with van der Waals surface area (Å²) in [5, 5.41) is 0. The minimum atomic E-state index is -3.41. The van der Waals surface area contributed by atoms with Crippen LogP contribution in [0.25, 0.3) is 0 Å². The molecule has 0 fully saturated rings. The van der Waals surface area contributed by atoms with E-state index in [-0.39, 0.29) is 10.7 Å². The molecule has 0 bridgehead atoms. The zero-order valence-electron chi connectivity index (χ0n) is 11.2. The van der Waals surface area contributed by atoms with E-state index in [2.05, 4.69) is 14.7 Å². The first kappa shape index (κ1) is 15.6. The Balaban J connectivity index is 1.94. The van der Waals surface area contributed by atoms with Crippen molar-refractivity contribution in [1.29, 1.82) is 0 Å². The van der Waals surface area contributed by atoms with Gasteiger partial charge in [-0.25, -0.2) is 18.1 Å². The van der Waals surface area contributed by atoms with Crippen LogP contribution in [-0.2, 0) is 22.2 Å². The van der Waals surface area contributed by atoms with Crippen LogP contribution in [0, 0.1) is 0 Å². The molecule has 0 unspecified atom stereocenters. The number of aromatic nitrogens is 2. The number of sulfonamides is 1. The second kappa shape index (κ2) is 6.79. The number of nitrogens with two attached hydrogens (primary N) is 1. The van der Waals surface area contributed by atoms with Gasteiger partial charge in [0.15, 0.2) is 0 Å². The van der Waals surface area contributed by atoms with Gasteiger partial charge in [-0.3, -0.25) is 0 Å². The molecular weight excluding hydrogens is 308 g/mol. The van der Waals surface area contributed by atoms with Gasteiger partial charge in [-0.2, -0.15) is 0 Å². The normalized spacial score (nSPS) is 11.4. The second-order valence-electron chi connectivity index (χ2n) is 4.50. The molecule has 2 rings (SSSR count). The Morgan fingerprint density at radius 2 is 2.24 bits per heavy atom. The highest BCUT2D eigenvalue weighted by molar-refractivity contribution is 7.88. The number of nitrogens with one attached hydrogen (secondary N) is 2. The number of thiocarbonyl (C=S) groups is 1. The van der Waals surface area contributed by atoms with Crippen LogP contribution in [0.1, 0.15) is 17.0 Å². The monoisotopic (exact) mass is 324 g/mol. The molecule has 0 atom stereocenters. The Labute approximate surface area is 128 Å². The molecule has 21 heavy (non-hydrogen) atoms. The van der Waals surface area contributed by atoms with Crippen LogP contribution in [0.2, 0.25) is 0 Å². The average Bonchev–Trinajstić information content (AvgIpc) is 2.91. The molecule has 0 radical (unpaired) electrons. The molecule has 0 aliphatic carbocycles. The third-order valence-electron chi connectivity index (χ3n) is 2.81. The van der Waals surface area contributed by atoms with E-state index in [1.54, 1.807) is 36.7 Å².